The average molecular weight is 278 g/mol. The zero-order valence-corrected chi connectivity index (χ0v) is 12.7. The summed E-state index contributed by atoms with van der Waals surface area (Å²) in [5, 5.41) is 0. The fourth-order valence-corrected chi connectivity index (χ4v) is 2.85. The highest BCUT2D eigenvalue weighted by molar-refractivity contribution is 5.13. The molecule has 4 atom stereocenters. The summed E-state index contributed by atoms with van der Waals surface area (Å²) < 4.78 is 17.0. The summed E-state index contributed by atoms with van der Waals surface area (Å²) in [5.41, 5.74) is 1.23. The van der Waals surface area contributed by atoms with Crippen molar-refractivity contribution in [3.63, 3.8) is 0 Å². The molecule has 0 N–H and O–H groups in total. The molecule has 0 bridgehead atoms. The van der Waals surface area contributed by atoms with Crippen LogP contribution in [0.15, 0.2) is 30.3 Å². The molecule has 3 nitrogen and oxygen atoms in total. The lowest BCUT2D eigenvalue weighted by molar-refractivity contribution is -0.128. The van der Waals surface area contributed by atoms with Crippen LogP contribution >= 0.6 is 0 Å². The highest BCUT2D eigenvalue weighted by Crippen LogP contribution is 2.32. The van der Waals surface area contributed by atoms with Crippen molar-refractivity contribution in [3.05, 3.63) is 35.9 Å². The van der Waals surface area contributed by atoms with Crippen LogP contribution in [0.2, 0.25) is 0 Å². The zero-order chi connectivity index (χ0) is 14.4. The molecule has 1 fully saturated rings. The molecule has 112 valence electrons. The van der Waals surface area contributed by atoms with Crippen LogP contribution in [0.1, 0.15) is 32.3 Å². The molecule has 2 rings (SSSR count). The molecule has 1 heterocycles. The van der Waals surface area contributed by atoms with E-state index in [0.29, 0.717) is 24.5 Å². The minimum atomic E-state index is -0.0253. The van der Waals surface area contributed by atoms with Crippen molar-refractivity contribution < 1.29 is 14.2 Å². The molecular formula is C17H26O3. The second-order valence-electron chi connectivity index (χ2n) is 5.78. The van der Waals surface area contributed by atoms with Gasteiger partial charge < -0.3 is 14.2 Å². The topological polar surface area (TPSA) is 27.7 Å². The Morgan fingerprint density at radius 2 is 2.05 bits per heavy atom. The Morgan fingerprint density at radius 3 is 2.70 bits per heavy atom. The average Bonchev–Trinajstić information content (AvgIpc) is 2.86. The van der Waals surface area contributed by atoms with Crippen LogP contribution < -0.4 is 0 Å². The quantitative estimate of drug-likeness (QED) is 0.713. The van der Waals surface area contributed by atoms with Gasteiger partial charge in [0.15, 0.2) is 6.29 Å². The second kappa shape index (κ2) is 7.77. The lowest BCUT2D eigenvalue weighted by atomic mass is 9.91. The van der Waals surface area contributed by atoms with Gasteiger partial charge >= 0.3 is 0 Å². The molecule has 0 radical (unpaired) electrons. The van der Waals surface area contributed by atoms with Gasteiger partial charge in [0.1, 0.15) is 0 Å². The van der Waals surface area contributed by atoms with Crippen LogP contribution in [0.4, 0.5) is 0 Å². The normalized spacial score (nSPS) is 27.6. The fourth-order valence-electron chi connectivity index (χ4n) is 2.85. The number of methoxy groups -OCH3 is 1. The number of hydrogen-bond acceptors (Lipinski definition) is 3. The highest BCUT2D eigenvalue weighted by atomic mass is 16.7. The highest BCUT2D eigenvalue weighted by Gasteiger charge is 2.35. The van der Waals surface area contributed by atoms with Crippen molar-refractivity contribution in [3.8, 4) is 0 Å². The summed E-state index contributed by atoms with van der Waals surface area (Å²) in [6, 6.07) is 10.3. The zero-order valence-electron chi connectivity index (χ0n) is 12.7. The summed E-state index contributed by atoms with van der Waals surface area (Å²) in [5.74, 6) is 1.06. The first-order valence-electron chi connectivity index (χ1n) is 7.50. The van der Waals surface area contributed by atoms with E-state index in [1.807, 2.05) is 18.2 Å². The van der Waals surface area contributed by atoms with Gasteiger partial charge in [-0.05, 0) is 23.8 Å². The van der Waals surface area contributed by atoms with E-state index >= 15 is 0 Å². The van der Waals surface area contributed by atoms with E-state index in [9.17, 15) is 0 Å². The van der Waals surface area contributed by atoms with E-state index in [-0.39, 0.29) is 6.29 Å². The summed E-state index contributed by atoms with van der Waals surface area (Å²) in [7, 11) is 1.72. The molecule has 20 heavy (non-hydrogen) atoms. The summed E-state index contributed by atoms with van der Waals surface area (Å²) >= 11 is 0. The SMILES string of the molecule is COC1C[C@@H](C)[C@@H]([C@@H](C)CCOCc2ccccc2)O1. The summed E-state index contributed by atoms with van der Waals surface area (Å²) in [6.45, 7) is 5.95. The van der Waals surface area contributed by atoms with E-state index in [0.717, 1.165) is 19.4 Å². The molecule has 0 aromatic heterocycles. The molecule has 0 spiro atoms. The van der Waals surface area contributed by atoms with Gasteiger partial charge in [-0.2, -0.15) is 0 Å². The Balaban J connectivity index is 1.66. The molecule has 0 aliphatic carbocycles. The van der Waals surface area contributed by atoms with Crippen molar-refractivity contribution in [2.45, 2.75) is 45.7 Å². The Hall–Kier alpha value is -0.900. The maximum Gasteiger partial charge on any atom is 0.157 e. The van der Waals surface area contributed by atoms with Crippen molar-refractivity contribution >= 4 is 0 Å². The van der Waals surface area contributed by atoms with E-state index < -0.39 is 0 Å². The summed E-state index contributed by atoms with van der Waals surface area (Å²) in [6.07, 6.45) is 2.29. The Kier molecular flexibility index (Phi) is 6.02. The third-order valence-electron chi connectivity index (χ3n) is 4.09. The molecule has 1 aromatic carbocycles. The van der Waals surface area contributed by atoms with Crippen LogP contribution in [0.3, 0.4) is 0 Å². The van der Waals surface area contributed by atoms with Gasteiger partial charge in [-0.25, -0.2) is 0 Å². The van der Waals surface area contributed by atoms with Gasteiger partial charge in [-0.15, -0.1) is 0 Å². The van der Waals surface area contributed by atoms with Crippen LogP contribution in [0, 0.1) is 11.8 Å². The Bertz CT molecular complexity index is 379. The first-order chi connectivity index (χ1) is 9.70. The number of hydrogen-bond donors (Lipinski definition) is 0. The molecule has 0 amide bonds. The Morgan fingerprint density at radius 1 is 1.30 bits per heavy atom. The van der Waals surface area contributed by atoms with Crippen LogP contribution in [0.25, 0.3) is 0 Å². The molecule has 3 heteroatoms. The molecule has 1 aliphatic rings. The van der Waals surface area contributed by atoms with Crippen LogP contribution in [-0.4, -0.2) is 26.1 Å². The maximum absolute atomic E-state index is 5.92. The monoisotopic (exact) mass is 278 g/mol. The van der Waals surface area contributed by atoms with Crippen molar-refractivity contribution in [1.29, 1.82) is 0 Å². The van der Waals surface area contributed by atoms with Crippen LogP contribution in [0.5, 0.6) is 0 Å². The van der Waals surface area contributed by atoms with Crippen molar-refractivity contribution in [2.24, 2.45) is 11.8 Å². The molecule has 0 saturated carbocycles. The van der Waals surface area contributed by atoms with E-state index in [4.69, 9.17) is 14.2 Å². The van der Waals surface area contributed by atoms with Gasteiger partial charge in [0, 0.05) is 20.1 Å². The lowest BCUT2D eigenvalue weighted by Gasteiger charge is -2.22. The fraction of sp³-hybridized carbons (Fsp3) is 0.647. The van der Waals surface area contributed by atoms with E-state index in [2.05, 4.69) is 26.0 Å². The number of rotatable bonds is 7. The molecule has 1 unspecified atom stereocenters. The largest absolute Gasteiger partial charge is 0.377 e. The summed E-state index contributed by atoms with van der Waals surface area (Å²) in [4.78, 5) is 0. The lowest BCUT2D eigenvalue weighted by Crippen LogP contribution is -2.24. The minimum Gasteiger partial charge on any atom is -0.377 e. The standard InChI is InChI=1S/C17H26O3/c1-13(17-14(2)11-16(18-3)20-17)9-10-19-12-15-7-5-4-6-8-15/h4-8,13-14,16-17H,9-12H2,1-3H3/t13-,14+,16?,17+/m0/s1. The van der Waals surface area contributed by atoms with E-state index in [1.165, 1.54) is 5.56 Å². The van der Waals surface area contributed by atoms with Crippen molar-refractivity contribution in [2.75, 3.05) is 13.7 Å². The second-order valence-corrected chi connectivity index (χ2v) is 5.78. The smallest absolute Gasteiger partial charge is 0.157 e. The molecule has 1 saturated heterocycles. The third kappa shape index (κ3) is 4.30. The predicted octanol–water partition coefficient (Wildman–Crippen LogP) is 3.63. The van der Waals surface area contributed by atoms with Crippen LogP contribution in [-0.2, 0) is 20.8 Å². The van der Waals surface area contributed by atoms with Gasteiger partial charge in [0.2, 0.25) is 0 Å². The van der Waals surface area contributed by atoms with E-state index in [1.54, 1.807) is 7.11 Å². The predicted molar refractivity (Wildman–Crippen MR) is 79.3 cm³/mol. The first kappa shape index (κ1) is 15.5. The van der Waals surface area contributed by atoms with Gasteiger partial charge in [0.05, 0.1) is 12.7 Å². The molecule has 1 aliphatic heterocycles. The van der Waals surface area contributed by atoms with Gasteiger partial charge in [0.25, 0.3) is 0 Å². The number of benzene rings is 1. The Labute approximate surface area is 122 Å². The van der Waals surface area contributed by atoms with Crippen molar-refractivity contribution in [1.82, 2.24) is 0 Å². The molecular weight excluding hydrogens is 252 g/mol. The number of ether oxygens (including phenoxy) is 3. The third-order valence-corrected chi connectivity index (χ3v) is 4.09. The van der Waals surface area contributed by atoms with Gasteiger partial charge in [-0.1, -0.05) is 44.2 Å². The minimum absolute atomic E-state index is 0.0253. The maximum atomic E-state index is 5.92. The molecule has 1 aromatic rings. The van der Waals surface area contributed by atoms with Gasteiger partial charge in [-0.3, -0.25) is 0 Å². The first-order valence-corrected chi connectivity index (χ1v) is 7.50.